The molecule has 134 valence electrons. The number of methoxy groups -OCH3 is 1. The molecule has 0 aliphatic carbocycles. The Labute approximate surface area is 151 Å². The first-order chi connectivity index (χ1) is 12.8. The van der Waals surface area contributed by atoms with Gasteiger partial charge in [0, 0.05) is 11.8 Å². The van der Waals surface area contributed by atoms with E-state index in [-0.39, 0.29) is 0 Å². The molecule has 1 saturated heterocycles. The molecule has 1 aromatic heterocycles. The second-order valence-corrected chi connectivity index (χ2v) is 5.91. The fourth-order valence-corrected chi connectivity index (χ4v) is 2.97. The first kappa shape index (κ1) is 16.6. The Hall–Kier alpha value is -2.83. The van der Waals surface area contributed by atoms with Gasteiger partial charge in [0.15, 0.2) is 6.29 Å². The number of nitrogens with zero attached hydrogens (tertiary/aromatic N) is 1. The first-order valence-corrected chi connectivity index (χ1v) is 8.46. The van der Waals surface area contributed by atoms with Crippen molar-refractivity contribution in [1.29, 1.82) is 0 Å². The van der Waals surface area contributed by atoms with E-state index in [1.54, 1.807) is 13.3 Å². The van der Waals surface area contributed by atoms with Gasteiger partial charge in [-0.3, -0.25) is 5.10 Å². The molecule has 6 nitrogen and oxygen atoms in total. The summed E-state index contributed by atoms with van der Waals surface area (Å²) < 4.78 is 22.8. The fourth-order valence-electron chi connectivity index (χ4n) is 2.97. The second-order valence-electron chi connectivity index (χ2n) is 5.91. The second kappa shape index (κ2) is 7.59. The van der Waals surface area contributed by atoms with E-state index in [0.717, 1.165) is 33.8 Å². The van der Waals surface area contributed by atoms with Crippen LogP contribution in [0.5, 0.6) is 11.5 Å². The summed E-state index contributed by atoms with van der Waals surface area (Å²) >= 11 is 0. The third-order valence-corrected chi connectivity index (χ3v) is 4.29. The predicted octanol–water partition coefficient (Wildman–Crippen LogP) is 3.71. The number of hydrogen-bond donors (Lipinski definition) is 1. The number of benzene rings is 2. The van der Waals surface area contributed by atoms with Gasteiger partial charge >= 0.3 is 0 Å². The molecule has 0 atom stereocenters. The minimum absolute atomic E-state index is 0.438. The Balaban J connectivity index is 1.63. The van der Waals surface area contributed by atoms with Crippen LogP contribution in [0.25, 0.3) is 11.1 Å². The number of nitrogens with one attached hydrogen (secondary N) is 1. The SMILES string of the molecule is COc1ccc(COc2cccc(-c3cn[nH]c3)c2C2OCCO2)cc1. The Kier molecular flexibility index (Phi) is 4.86. The summed E-state index contributed by atoms with van der Waals surface area (Å²) in [6.07, 6.45) is 3.19. The number of H-pyrrole nitrogens is 1. The number of ether oxygens (including phenoxy) is 4. The smallest absolute Gasteiger partial charge is 0.188 e. The van der Waals surface area contributed by atoms with Gasteiger partial charge in [-0.25, -0.2) is 0 Å². The van der Waals surface area contributed by atoms with Crippen LogP contribution in [0.15, 0.2) is 54.9 Å². The van der Waals surface area contributed by atoms with Crippen LogP contribution >= 0.6 is 0 Å². The van der Waals surface area contributed by atoms with E-state index in [1.165, 1.54) is 0 Å². The van der Waals surface area contributed by atoms with Crippen molar-refractivity contribution in [3.8, 4) is 22.6 Å². The van der Waals surface area contributed by atoms with Crippen LogP contribution in [-0.2, 0) is 16.1 Å². The number of aromatic amines is 1. The quantitative estimate of drug-likeness (QED) is 0.733. The zero-order valence-electron chi connectivity index (χ0n) is 14.5. The van der Waals surface area contributed by atoms with Gasteiger partial charge in [0.25, 0.3) is 0 Å². The van der Waals surface area contributed by atoms with E-state index in [0.29, 0.717) is 19.8 Å². The van der Waals surface area contributed by atoms with Gasteiger partial charge in [0.2, 0.25) is 0 Å². The highest BCUT2D eigenvalue weighted by molar-refractivity contribution is 5.69. The zero-order chi connectivity index (χ0) is 17.8. The average Bonchev–Trinajstić information content (AvgIpc) is 3.40. The highest BCUT2D eigenvalue weighted by atomic mass is 16.7. The molecular formula is C20H20N2O4. The molecule has 0 unspecified atom stereocenters. The minimum atomic E-state index is -0.438. The average molecular weight is 352 g/mol. The van der Waals surface area contributed by atoms with Gasteiger partial charge in [0.1, 0.15) is 18.1 Å². The molecule has 4 rings (SSSR count). The normalized spacial score (nSPS) is 14.5. The van der Waals surface area contributed by atoms with Gasteiger partial charge in [0.05, 0.1) is 32.1 Å². The number of hydrogen-bond acceptors (Lipinski definition) is 5. The van der Waals surface area contributed by atoms with Gasteiger partial charge in [-0.15, -0.1) is 0 Å². The molecule has 0 bridgehead atoms. The number of aromatic nitrogens is 2. The van der Waals surface area contributed by atoms with Crippen molar-refractivity contribution in [3.63, 3.8) is 0 Å². The highest BCUT2D eigenvalue weighted by Crippen LogP contribution is 2.39. The van der Waals surface area contributed by atoms with Crippen LogP contribution in [0.3, 0.4) is 0 Å². The first-order valence-electron chi connectivity index (χ1n) is 8.46. The summed E-state index contributed by atoms with van der Waals surface area (Å²) in [6, 6.07) is 13.7. The van der Waals surface area contributed by atoms with Crippen molar-refractivity contribution >= 4 is 0 Å². The molecule has 1 N–H and O–H groups in total. The third-order valence-electron chi connectivity index (χ3n) is 4.29. The lowest BCUT2D eigenvalue weighted by Gasteiger charge is -2.19. The van der Waals surface area contributed by atoms with Crippen LogP contribution in [0.2, 0.25) is 0 Å². The van der Waals surface area contributed by atoms with Gasteiger partial charge in [-0.2, -0.15) is 5.10 Å². The molecule has 26 heavy (non-hydrogen) atoms. The van der Waals surface area contributed by atoms with Crippen LogP contribution in [0, 0.1) is 0 Å². The van der Waals surface area contributed by atoms with Crippen LogP contribution in [0.1, 0.15) is 17.4 Å². The maximum absolute atomic E-state index is 6.12. The monoisotopic (exact) mass is 352 g/mol. The largest absolute Gasteiger partial charge is 0.497 e. The van der Waals surface area contributed by atoms with Crippen LogP contribution in [0.4, 0.5) is 0 Å². The lowest BCUT2D eigenvalue weighted by atomic mass is 10.0. The molecule has 1 aliphatic heterocycles. The third kappa shape index (κ3) is 3.42. The van der Waals surface area contributed by atoms with Crippen LogP contribution in [-0.4, -0.2) is 30.5 Å². The molecule has 1 aliphatic rings. The molecular weight excluding hydrogens is 332 g/mol. The van der Waals surface area contributed by atoms with Gasteiger partial charge in [-0.1, -0.05) is 24.3 Å². The fraction of sp³-hybridized carbons (Fsp3) is 0.250. The summed E-state index contributed by atoms with van der Waals surface area (Å²) in [5.74, 6) is 1.57. The Morgan fingerprint density at radius 3 is 2.62 bits per heavy atom. The molecule has 1 fully saturated rings. The van der Waals surface area contributed by atoms with Crippen LogP contribution < -0.4 is 9.47 Å². The van der Waals surface area contributed by atoms with Crippen molar-refractivity contribution in [2.45, 2.75) is 12.9 Å². The molecule has 0 amide bonds. The molecule has 2 aromatic carbocycles. The van der Waals surface area contributed by atoms with Gasteiger partial charge in [-0.05, 0) is 29.3 Å². The Morgan fingerprint density at radius 2 is 1.92 bits per heavy atom. The summed E-state index contributed by atoms with van der Waals surface area (Å²) in [5, 5.41) is 6.90. The molecule has 6 heteroatoms. The predicted molar refractivity (Wildman–Crippen MR) is 96.0 cm³/mol. The molecule has 0 saturated carbocycles. The van der Waals surface area contributed by atoms with E-state index in [4.69, 9.17) is 18.9 Å². The maximum atomic E-state index is 6.12. The molecule has 0 spiro atoms. The number of rotatable bonds is 6. The van der Waals surface area contributed by atoms with Crippen molar-refractivity contribution in [2.75, 3.05) is 20.3 Å². The molecule has 0 radical (unpaired) electrons. The summed E-state index contributed by atoms with van der Waals surface area (Å²) in [4.78, 5) is 0. The van der Waals surface area contributed by atoms with E-state index in [1.807, 2.05) is 48.7 Å². The van der Waals surface area contributed by atoms with E-state index < -0.39 is 6.29 Å². The Morgan fingerprint density at radius 1 is 1.12 bits per heavy atom. The lowest BCUT2D eigenvalue weighted by Crippen LogP contribution is -2.06. The summed E-state index contributed by atoms with van der Waals surface area (Å²) in [7, 11) is 1.65. The summed E-state index contributed by atoms with van der Waals surface area (Å²) in [6.45, 7) is 1.59. The van der Waals surface area contributed by atoms with Crippen molar-refractivity contribution < 1.29 is 18.9 Å². The van der Waals surface area contributed by atoms with E-state index in [2.05, 4.69) is 10.2 Å². The zero-order valence-corrected chi connectivity index (χ0v) is 14.5. The maximum Gasteiger partial charge on any atom is 0.188 e. The minimum Gasteiger partial charge on any atom is -0.497 e. The highest BCUT2D eigenvalue weighted by Gasteiger charge is 2.26. The molecule has 3 aromatic rings. The van der Waals surface area contributed by atoms with Gasteiger partial charge < -0.3 is 18.9 Å². The lowest BCUT2D eigenvalue weighted by molar-refractivity contribution is -0.0454. The van der Waals surface area contributed by atoms with E-state index in [9.17, 15) is 0 Å². The van der Waals surface area contributed by atoms with Crippen molar-refractivity contribution in [3.05, 3.63) is 66.0 Å². The molecule has 2 heterocycles. The van der Waals surface area contributed by atoms with Crippen molar-refractivity contribution in [1.82, 2.24) is 10.2 Å². The summed E-state index contributed by atoms with van der Waals surface area (Å²) in [5.41, 5.74) is 3.89. The van der Waals surface area contributed by atoms with Crippen molar-refractivity contribution in [2.24, 2.45) is 0 Å². The van der Waals surface area contributed by atoms with E-state index >= 15 is 0 Å². The topological polar surface area (TPSA) is 65.6 Å². The standard InChI is InChI=1S/C20H20N2O4/c1-23-16-7-5-14(6-8-16)13-26-18-4-2-3-17(15-11-21-22-12-15)19(18)20-24-9-10-25-20/h2-8,11-12,20H,9-10,13H2,1H3,(H,21,22). The Bertz CT molecular complexity index is 841.